The van der Waals surface area contributed by atoms with E-state index in [2.05, 4.69) is 130 Å². The fourth-order valence-electron chi connectivity index (χ4n) is 5.21. The Morgan fingerprint density at radius 3 is 2.29 bits per heavy atom. The molecule has 1 aliphatic heterocycles. The van der Waals surface area contributed by atoms with Gasteiger partial charge in [-0.25, -0.2) is 0 Å². The summed E-state index contributed by atoms with van der Waals surface area (Å²) in [7, 11) is -1.98. The largest absolute Gasteiger partial charge is 0.543 e. The first-order valence-corrected chi connectivity index (χ1v) is 16.7. The van der Waals surface area contributed by atoms with E-state index in [-0.39, 0.29) is 11.1 Å². The van der Waals surface area contributed by atoms with Crippen LogP contribution >= 0.6 is 0 Å². The molecule has 1 saturated heterocycles. The number of rotatable bonds is 7. The molecular formula is C33H43N3OSi. The van der Waals surface area contributed by atoms with Crippen LogP contribution in [0.15, 0.2) is 78.9 Å². The van der Waals surface area contributed by atoms with Crippen molar-refractivity contribution >= 4 is 8.32 Å². The zero-order valence-electron chi connectivity index (χ0n) is 24.1. The summed E-state index contributed by atoms with van der Waals surface area (Å²) < 4.78 is 6.72. The van der Waals surface area contributed by atoms with E-state index < -0.39 is 8.32 Å². The fourth-order valence-corrected chi connectivity index (χ4v) is 6.23. The van der Waals surface area contributed by atoms with Crippen LogP contribution in [0.3, 0.4) is 0 Å². The van der Waals surface area contributed by atoms with E-state index in [1.165, 1.54) is 11.1 Å². The Labute approximate surface area is 231 Å². The third-order valence-electron chi connectivity index (χ3n) is 8.45. The molecular weight excluding hydrogens is 482 g/mol. The number of nitrogens with zero attached hydrogens (tertiary/aromatic N) is 3. The van der Waals surface area contributed by atoms with Crippen molar-refractivity contribution in [3.05, 3.63) is 101 Å². The summed E-state index contributed by atoms with van der Waals surface area (Å²) in [6.07, 6.45) is 0. The van der Waals surface area contributed by atoms with Crippen LogP contribution < -0.4 is 4.43 Å². The van der Waals surface area contributed by atoms with E-state index in [1.54, 1.807) is 0 Å². The first-order chi connectivity index (χ1) is 18.0. The summed E-state index contributed by atoms with van der Waals surface area (Å²) in [5, 5.41) is 10.2. The lowest BCUT2D eigenvalue weighted by Crippen LogP contribution is -2.56. The highest BCUT2D eigenvalue weighted by Crippen LogP contribution is 2.40. The van der Waals surface area contributed by atoms with E-state index in [1.807, 2.05) is 12.1 Å². The second-order valence-corrected chi connectivity index (χ2v) is 17.1. The highest BCUT2D eigenvalue weighted by atomic mass is 28.4. The van der Waals surface area contributed by atoms with Crippen LogP contribution in [-0.2, 0) is 6.54 Å². The van der Waals surface area contributed by atoms with E-state index in [4.69, 9.17) is 4.43 Å². The van der Waals surface area contributed by atoms with Crippen molar-refractivity contribution < 1.29 is 4.43 Å². The Bertz CT molecular complexity index is 1260. The maximum Gasteiger partial charge on any atom is 0.250 e. The lowest BCUT2D eigenvalue weighted by atomic mass is 9.90. The van der Waals surface area contributed by atoms with E-state index >= 15 is 0 Å². The number of benzene rings is 3. The molecule has 38 heavy (non-hydrogen) atoms. The van der Waals surface area contributed by atoms with Crippen LogP contribution in [0.2, 0.25) is 18.1 Å². The minimum absolute atomic E-state index is 0.0230. The van der Waals surface area contributed by atoms with Gasteiger partial charge in [0.15, 0.2) is 0 Å². The Morgan fingerprint density at radius 2 is 1.61 bits per heavy atom. The van der Waals surface area contributed by atoms with Gasteiger partial charge in [-0.15, -0.1) is 0 Å². The molecule has 0 amide bonds. The third-order valence-corrected chi connectivity index (χ3v) is 12.8. The van der Waals surface area contributed by atoms with Gasteiger partial charge in [0.1, 0.15) is 5.75 Å². The summed E-state index contributed by atoms with van der Waals surface area (Å²) in [6, 6.07) is 30.6. The minimum atomic E-state index is -1.98. The maximum absolute atomic E-state index is 10.0. The summed E-state index contributed by atoms with van der Waals surface area (Å²) in [5.74, 6) is 0.928. The molecule has 0 bridgehead atoms. The molecule has 0 aliphatic carbocycles. The zero-order chi connectivity index (χ0) is 27.5. The zero-order valence-corrected chi connectivity index (χ0v) is 25.1. The predicted octanol–water partition coefficient (Wildman–Crippen LogP) is 7.63. The van der Waals surface area contributed by atoms with Crippen LogP contribution in [0, 0.1) is 11.3 Å². The average Bonchev–Trinajstić information content (AvgIpc) is 2.87. The van der Waals surface area contributed by atoms with Gasteiger partial charge in [0.2, 0.25) is 8.32 Å². The van der Waals surface area contributed by atoms with Crippen LogP contribution in [0.5, 0.6) is 5.75 Å². The van der Waals surface area contributed by atoms with Gasteiger partial charge in [-0.2, -0.15) is 5.26 Å². The molecule has 0 radical (unpaired) electrons. The van der Waals surface area contributed by atoms with Crippen LogP contribution in [0.1, 0.15) is 62.9 Å². The molecule has 0 saturated carbocycles. The van der Waals surface area contributed by atoms with Gasteiger partial charge in [-0.1, -0.05) is 81.4 Å². The Kier molecular flexibility index (Phi) is 8.47. The molecule has 0 aromatic heterocycles. The van der Waals surface area contributed by atoms with Gasteiger partial charge < -0.3 is 4.43 Å². The van der Waals surface area contributed by atoms with Gasteiger partial charge in [0, 0.05) is 31.7 Å². The highest BCUT2D eigenvalue weighted by Gasteiger charge is 2.40. The summed E-state index contributed by atoms with van der Waals surface area (Å²) in [6.45, 7) is 18.9. The second kappa shape index (κ2) is 11.5. The maximum atomic E-state index is 10.0. The Balaban J connectivity index is 1.69. The SMILES string of the molecule is C[C@@H]1CN(C(c2cccc(O[Si](C)(C)C(C)(C)C)c2)c2ccccc2C#N)[C@@H](C)CN1Cc1ccccc1. The Hall–Kier alpha value is -2.91. The average molecular weight is 526 g/mol. The fraction of sp³-hybridized carbons (Fsp3) is 0.424. The van der Waals surface area contributed by atoms with Crippen molar-refractivity contribution in [3.63, 3.8) is 0 Å². The normalized spacial score (nSPS) is 20.1. The van der Waals surface area contributed by atoms with Crippen molar-refractivity contribution in [2.24, 2.45) is 0 Å². The first-order valence-electron chi connectivity index (χ1n) is 13.8. The van der Waals surface area contributed by atoms with Gasteiger partial charge in [-0.05, 0) is 66.9 Å². The van der Waals surface area contributed by atoms with E-state index in [0.717, 1.165) is 36.5 Å². The second-order valence-electron chi connectivity index (χ2n) is 12.3. The van der Waals surface area contributed by atoms with Crippen molar-refractivity contribution in [1.29, 1.82) is 5.26 Å². The number of hydrogen-bond donors (Lipinski definition) is 0. The lowest BCUT2D eigenvalue weighted by molar-refractivity contribution is 0.0194. The van der Waals surface area contributed by atoms with Gasteiger partial charge in [0.05, 0.1) is 17.7 Å². The quantitative estimate of drug-likeness (QED) is 0.297. The summed E-state index contributed by atoms with van der Waals surface area (Å²) in [5.41, 5.74) is 4.33. The molecule has 3 aromatic carbocycles. The van der Waals surface area contributed by atoms with E-state index in [0.29, 0.717) is 12.1 Å². The molecule has 200 valence electrons. The standard InChI is InChI=1S/C33H43N3OSi/c1-25-23-36(26(2)22-35(25)24-27-14-9-8-10-15-27)32(31-19-12-11-16-29(31)21-34)28-17-13-18-30(20-28)37-38(6,7)33(3,4)5/h8-20,25-26,32H,22-24H2,1-7H3/t25-,26+,32?/m1/s1. The van der Waals surface area contributed by atoms with Crippen LogP contribution in [-0.4, -0.2) is 43.3 Å². The monoisotopic (exact) mass is 525 g/mol. The lowest BCUT2D eigenvalue weighted by Gasteiger charge is -2.48. The van der Waals surface area contributed by atoms with Crippen molar-refractivity contribution in [2.45, 2.75) is 77.4 Å². The molecule has 4 rings (SSSR count). The molecule has 3 atom stereocenters. The molecule has 1 fully saturated rings. The van der Waals surface area contributed by atoms with E-state index in [9.17, 15) is 5.26 Å². The molecule has 1 unspecified atom stereocenters. The summed E-state index contributed by atoms with van der Waals surface area (Å²) in [4.78, 5) is 5.18. The number of hydrogen-bond acceptors (Lipinski definition) is 4. The Morgan fingerprint density at radius 1 is 0.921 bits per heavy atom. The molecule has 0 spiro atoms. The highest BCUT2D eigenvalue weighted by molar-refractivity contribution is 6.74. The predicted molar refractivity (Wildman–Crippen MR) is 160 cm³/mol. The first kappa shape index (κ1) is 28.1. The van der Waals surface area contributed by atoms with Crippen molar-refractivity contribution in [2.75, 3.05) is 13.1 Å². The van der Waals surface area contributed by atoms with Gasteiger partial charge in [0.25, 0.3) is 0 Å². The minimum Gasteiger partial charge on any atom is -0.543 e. The number of nitriles is 1. The molecule has 4 nitrogen and oxygen atoms in total. The van der Waals surface area contributed by atoms with Gasteiger partial charge in [-0.3, -0.25) is 9.80 Å². The topological polar surface area (TPSA) is 39.5 Å². The number of piperazine rings is 1. The van der Waals surface area contributed by atoms with Crippen LogP contribution in [0.25, 0.3) is 0 Å². The third kappa shape index (κ3) is 6.21. The molecule has 1 aliphatic rings. The molecule has 1 heterocycles. The molecule has 3 aromatic rings. The van der Waals surface area contributed by atoms with Crippen molar-refractivity contribution in [3.8, 4) is 11.8 Å². The molecule has 5 heteroatoms. The van der Waals surface area contributed by atoms with Gasteiger partial charge >= 0.3 is 0 Å². The molecule has 0 N–H and O–H groups in total. The summed E-state index contributed by atoms with van der Waals surface area (Å²) >= 11 is 0. The van der Waals surface area contributed by atoms with Crippen LogP contribution in [0.4, 0.5) is 0 Å². The van der Waals surface area contributed by atoms with Crippen molar-refractivity contribution in [1.82, 2.24) is 9.80 Å². The smallest absolute Gasteiger partial charge is 0.250 e.